The number of furan rings is 1. The van der Waals surface area contributed by atoms with Gasteiger partial charge in [-0.2, -0.15) is 0 Å². The van der Waals surface area contributed by atoms with Gasteiger partial charge in [0.2, 0.25) is 0 Å². The summed E-state index contributed by atoms with van der Waals surface area (Å²) in [4.78, 5) is 0. The molecule has 1 N–H and O–H groups in total. The first-order chi connectivity index (χ1) is 14.2. The number of fused-ring (bicyclic) bond motifs is 1. The van der Waals surface area contributed by atoms with Crippen LogP contribution in [-0.2, 0) is 0 Å². The van der Waals surface area contributed by atoms with Crippen LogP contribution in [0.3, 0.4) is 0 Å². The number of allylic oxidation sites excluding steroid dienone is 1. The van der Waals surface area contributed by atoms with Gasteiger partial charge in [0.25, 0.3) is 5.95 Å². The van der Waals surface area contributed by atoms with E-state index in [4.69, 9.17) is 9.15 Å². The third-order valence-corrected chi connectivity index (χ3v) is 5.25. The maximum atomic E-state index is 10.5. The minimum Gasteiger partial charge on any atom is -0.508 e. The van der Waals surface area contributed by atoms with E-state index in [0.29, 0.717) is 5.95 Å². The van der Waals surface area contributed by atoms with Crippen molar-refractivity contribution in [3.05, 3.63) is 113 Å². The molecule has 0 amide bonds. The van der Waals surface area contributed by atoms with Crippen molar-refractivity contribution in [2.75, 3.05) is 0 Å². The van der Waals surface area contributed by atoms with E-state index in [1.807, 2.05) is 72.8 Å². The van der Waals surface area contributed by atoms with Gasteiger partial charge in [0, 0.05) is 28.2 Å². The Morgan fingerprint density at radius 3 is 2.24 bits per heavy atom. The van der Waals surface area contributed by atoms with Crippen LogP contribution in [0.5, 0.6) is 11.7 Å². The van der Waals surface area contributed by atoms with Gasteiger partial charge in [-0.15, -0.1) is 0 Å². The van der Waals surface area contributed by atoms with Crippen LogP contribution in [-0.4, -0.2) is 5.11 Å². The van der Waals surface area contributed by atoms with E-state index in [0.717, 1.165) is 33.8 Å². The third-order valence-electron chi connectivity index (χ3n) is 5.25. The molecule has 1 unspecified atom stereocenters. The van der Waals surface area contributed by atoms with Crippen molar-refractivity contribution in [2.45, 2.75) is 12.8 Å². The lowest BCUT2D eigenvalue weighted by molar-refractivity contribution is 0.356. The Hall–Kier alpha value is -3.72. The van der Waals surface area contributed by atoms with Crippen molar-refractivity contribution in [2.24, 2.45) is 0 Å². The molecule has 0 saturated heterocycles. The molecule has 2 heterocycles. The number of phenols is 1. The zero-order valence-corrected chi connectivity index (χ0v) is 16.0. The lowest BCUT2D eigenvalue weighted by atomic mass is 9.89. The third kappa shape index (κ3) is 3.21. The SMILES string of the molecule is Cc1ccc(-c2cc3c(o2)OC(c2ccccc2)=CC3c2ccccc2O)cc1. The van der Waals surface area contributed by atoms with Crippen LogP contribution < -0.4 is 4.74 Å². The smallest absolute Gasteiger partial charge is 0.294 e. The van der Waals surface area contributed by atoms with E-state index < -0.39 is 0 Å². The molecular formula is C26H20O3. The Labute approximate surface area is 169 Å². The fourth-order valence-corrected chi connectivity index (χ4v) is 3.69. The van der Waals surface area contributed by atoms with Crippen LogP contribution >= 0.6 is 0 Å². The van der Waals surface area contributed by atoms with Gasteiger partial charge >= 0.3 is 0 Å². The van der Waals surface area contributed by atoms with E-state index >= 15 is 0 Å². The Morgan fingerprint density at radius 2 is 1.48 bits per heavy atom. The largest absolute Gasteiger partial charge is 0.508 e. The second-order valence-electron chi connectivity index (χ2n) is 7.25. The van der Waals surface area contributed by atoms with Gasteiger partial charge < -0.3 is 14.3 Å². The molecule has 3 nitrogen and oxygen atoms in total. The number of ether oxygens (including phenoxy) is 1. The van der Waals surface area contributed by atoms with Gasteiger partial charge in [-0.1, -0.05) is 78.4 Å². The molecule has 5 rings (SSSR count). The zero-order valence-electron chi connectivity index (χ0n) is 16.0. The van der Waals surface area contributed by atoms with Gasteiger partial charge in [0.05, 0.1) is 0 Å². The normalized spacial score (nSPS) is 15.3. The number of rotatable bonds is 3. The average molecular weight is 380 g/mol. The molecule has 3 heteroatoms. The fourth-order valence-electron chi connectivity index (χ4n) is 3.69. The van der Waals surface area contributed by atoms with E-state index in [1.165, 1.54) is 5.56 Å². The number of aryl methyl sites for hydroxylation is 1. The van der Waals surface area contributed by atoms with Crippen LogP contribution in [0.2, 0.25) is 0 Å². The van der Waals surface area contributed by atoms with Crippen molar-refractivity contribution >= 4 is 5.76 Å². The molecule has 4 aromatic rings. The first-order valence-electron chi connectivity index (χ1n) is 9.63. The Morgan fingerprint density at radius 1 is 0.759 bits per heavy atom. The average Bonchev–Trinajstić information content (AvgIpc) is 3.19. The van der Waals surface area contributed by atoms with Gasteiger partial charge in [0.15, 0.2) is 0 Å². The molecule has 29 heavy (non-hydrogen) atoms. The van der Waals surface area contributed by atoms with Gasteiger partial charge in [-0.05, 0) is 25.1 Å². The minimum absolute atomic E-state index is 0.168. The number of hydrogen-bond acceptors (Lipinski definition) is 3. The van der Waals surface area contributed by atoms with Crippen LogP contribution in [0, 0.1) is 6.92 Å². The van der Waals surface area contributed by atoms with E-state index in [9.17, 15) is 5.11 Å². The Balaban J connectivity index is 1.65. The van der Waals surface area contributed by atoms with Crippen LogP contribution in [0.25, 0.3) is 17.1 Å². The summed E-state index contributed by atoms with van der Waals surface area (Å²) < 4.78 is 12.3. The summed E-state index contributed by atoms with van der Waals surface area (Å²) in [7, 11) is 0. The van der Waals surface area contributed by atoms with Gasteiger partial charge in [-0.3, -0.25) is 0 Å². The van der Waals surface area contributed by atoms with Crippen molar-refractivity contribution in [1.29, 1.82) is 0 Å². The fraction of sp³-hybridized carbons (Fsp3) is 0.0769. The predicted octanol–water partition coefficient (Wildman–Crippen LogP) is 6.53. The molecule has 142 valence electrons. The highest BCUT2D eigenvalue weighted by atomic mass is 16.6. The summed E-state index contributed by atoms with van der Waals surface area (Å²) in [6.45, 7) is 2.06. The summed E-state index contributed by atoms with van der Waals surface area (Å²) in [5.74, 6) is 2.02. The molecule has 0 bridgehead atoms. The second-order valence-corrected chi connectivity index (χ2v) is 7.25. The highest BCUT2D eigenvalue weighted by molar-refractivity contribution is 5.70. The summed E-state index contributed by atoms with van der Waals surface area (Å²) in [6.07, 6.45) is 2.04. The predicted molar refractivity (Wildman–Crippen MR) is 114 cm³/mol. The number of para-hydroxylation sites is 1. The van der Waals surface area contributed by atoms with E-state index in [-0.39, 0.29) is 11.7 Å². The van der Waals surface area contributed by atoms with E-state index in [1.54, 1.807) is 6.07 Å². The summed E-state index contributed by atoms with van der Waals surface area (Å²) in [6, 6.07) is 27.6. The molecule has 1 aromatic heterocycles. The molecule has 1 atom stereocenters. The molecule has 0 aliphatic carbocycles. The zero-order chi connectivity index (χ0) is 19.8. The first-order valence-corrected chi connectivity index (χ1v) is 9.63. The van der Waals surface area contributed by atoms with Gasteiger partial charge in [-0.25, -0.2) is 0 Å². The molecule has 0 radical (unpaired) electrons. The summed E-state index contributed by atoms with van der Waals surface area (Å²) in [5.41, 5.74) is 4.88. The van der Waals surface area contributed by atoms with E-state index in [2.05, 4.69) is 19.1 Å². The number of hydrogen-bond donors (Lipinski definition) is 1. The Kier molecular flexibility index (Phi) is 4.21. The highest BCUT2D eigenvalue weighted by Gasteiger charge is 2.30. The number of aromatic hydroxyl groups is 1. The minimum atomic E-state index is -0.168. The molecule has 3 aromatic carbocycles. The number of phenolic OH excluding ortho intramolecular Hbond substituents is 1. The molecular weight excluding hydrogens is 360 g/mol. The van der Waals surface area contributed by atoms with Crippen LogP contribution in [0.1, 0.15) is 28.2 Å². The quantitative estimate of drug-likeness (QED) is 0.440. The monoisotopic (exact) mass is 380 g/mol. The first kappa shape index (κ1) is 17.4. The van der Waals surface area contributed by atoms with Crippen LogP contribution in [0.15, 0.2) is 95.4 Å². The standard InChI is InChI=1S/C26H20O3/c1-17-11-13-19(14-12-17)25-16-22-21(20-9-5-6-10-23(20)27)15-24(28-26(22)29-25)18-7-3-2-4-8-18/h2-16,21,27H,1H3. The molecule has 1 aliphatic heterocycles. The molecule has 0 saturated carbocycles. The lowest BCUT2D eigenvalue weighted by Crippen LogP contribution is -2.08. The summed E-state index contributed by atoms with van der Waals surface area (Å²) >= 11 is 0. The maximum absolute atomic E-state index is 10.5. The second kappa shape index (κ2) is 7.02. The summed E-state index contributed by atoms with van der Waals surface area (Å²) in [5, 5.41) is 10.5. The topological polar surface area (TPSA) is 42.6 Å². The molecule has 1 aliphatic rings. The van der Waals surface area contributed by atoms with Gasteiger partial charge in [0.1, 0.15) is 17.3 Å². The van der Waals surface area contributed by atoms with Crippen molar-refractivity contribution in [1.82, 2.24) is 0 Å². The molecule has 0 spiro atoms. The van der Waals surface area contributed by atoms with Crippen LogP contribution in [0.4, 0.5) is 0 Å². The van der Waals surface area contributed by atoms with Crippen molar-refractivity contribution < 1.29 is 14.3 Å². The lowest BCUT2D eigenvalue weighted by Gasteiger charge is -2.22. The maximum Gasteiger partial charge on any atom is 0.294 e. The molecule has 0 fully saturated rings. The van der Waals surface area contributed by atoms with Crippen molar-refractivity contribution in [3.63, 3.8) is 0 Å². The highest BCUT2D eigenvalue weighted by Crippen LogP contribution is 2.46. The number of benzene rings is 3. The van der Waals surface area contributed by atoms with Crippen molar-refractivity contribution in [3.8, 4) is 23.0 Å². The Bertz CT molecular complexity index is 1180.